The molecular formula is C30H30F4N4O4. The molecule has 5 rings (SSSR count). The minimum absolute atomic E-state index is 0.00380. The molecular weight excluding hydrogens is 556 g/mol. The molecule has 0 aromatic heterocycles. The van der Waals surface area contributed by atoms with Crippen LogP contribution in [-0.2, 0) is 15.7 Å². The number of alkyl halides is 3. The van der Waals surface area contributed by atoms with Gasteiger partial charge in [-0.3, -0.25) is 4.79 Å². The Kier molecular flexibility index (Phi) is 8.15. The molecule has 0 saturated carbocycles. The molecule has 1 atom stereocenters. The van der Waals surface area contributed by atoms with Crippen LogP contribution in [0.4, 0.5) is 34.6 Å². The summed E-state index contributed by atoms with van der Waals surface area (Å²) in [5, 5.41) is 0. The maximum absolute atomic E-state index is 15.4. The topological polar surface area (TPSA) is 66.8 Å². The Labute approximate surface area is 240 Å². The van der Waals surface area contributed by atoms with E-state index in [2.05, 4.69) is 4.90 Å². The number of hydrogen-bond acceptors (Lipinski definition) is 8. The minimum Gasteiger partial charge on any atom is -0.497 e. The molecule has 2 aliphatic heterocycles. The lowest BCUT2D eigenvalue weighted by Gasteiger charge is -2.45. The summed E-state index contributed by atoms with van der Waals surface area (Å²) in [6.07, 6.45) is -5.00. The van der Waals surface area contributed by atoms with Crippen LogP contribution >= 0.6 is 0 Å². The number of nitrogens with zero attached hydrogens (tertiary/aromatic N) is 4. The maximum atomic E-state index is 15.4. The number of piperazine rings is 1. The van der Waals surface area contributed by atoms with E-state index in [1.54, 1.807) is 13.2 Å². The molecule has 0 radical (unpaired) electrons. The number of aliphatic imine (C=N–C) groups is 1. The highest BCUT2D eigenvalue weighted by Crippen LogP contribution is 2.46. The molecule has 1 saturated heterocycles. The fourth-order valence-electron chi connectivity index (χ4n) is 5.34. The van der Waals surface area contributed by atoms with E-state index in [1.165, 1.54) is 37.3 Å². The maximum Gasteiger partial charge on any atom is 0.416 e. The van der Waals surface area contributed by atoms with Crippen LogP contribution in [0.25, 0.3) is 0 Å². The van der Waals surface area contributed by atoms with Gasteiger partial charge in [0, 0.05) is 43.5 Å². The van der Waals surface area contributed by atoms with E-state index in [1.807, 2.05) is 29.2 Å². The predicted molar refractivity (Wildman–Crippen MR) is 150 cm³/mol. The number of methoxy groups -OCH3 is 3. The summed E-state index contributed by atoms with van der Waals surface area (Å²) in [5.74, 6) is -0.179. The number of anilines is 2. The van der Waals surface area contributed by atoms with Gasteiger partial charge in [0.2, 0.25) is 5.96 Å². The molecule has 3 aromatic carbocycles. The van der Waals surface area contributed by atoms with Crippen molar-refractivity contribution >= 4 is 29.0 Å². The summed E-state index contributed by atoms with van der Waals surface area (Å²) >= 11 is 0. The molecule has 1 fully saturated rings. The number of esters is 1. The standard InChI is InChI=1S/C30H30F4N4O4/c1-40-21-7-4-6-20(17-21)36-12-14-37(15-13-36)29-35-23-9-5-8-22(31)28(23)25(18-27(39)42-3)38(29)24-16-19(30(32,33)34)10-11-26(24)41-2/h4-11,16-17,25H,12-15,18H2,1-3H3. The third-order valence-corrected chi connectivity index (χ3v) is 7.45. The van der Waals surface area contributed by atoms with E-state index in [9.17, 15) is 18.0 Å². The van der Waals surface area contributed by atoms with E-state index < -0.39 is 29.6 Å². The Morgan fingerprint density at radius 3 is 2.31 bits per heavy atom. The summed E-state index contributed by atoms with van der Waals surface area (Å²) in [6, 6.07) is 14.0. The van der Waals surface area contributed by atoms with Gasteiger partial charge < -0.3 is 28.9 Å². The average molecular weight is 587 g/mol. The van der Waals surface area contributed by atoms with Crippen LogP contribution in [0.3, 0.4) is 0 Å². The summed E-state index contributed by atoms with van der Waals surface area (Å²) in [6.45, 7) is 2.03. The van der Waals surface area contributed by atoms with E-state index >= 15 is 4.39 Å². The highest BCUT2D eigenvalue weighted by Gasteiger charge is 2.41. The molecule has 0 spiro atoms. The van der Waals surface area contributed by atoms with Crippen molar-refractivity contribution in [3.63, 3.8) is 0 Å². The third kappa shape index (κ3) is 5.65. The Hall–Kier alpha value is -4.48. The summed E-state index contributed by atoms with van der Waals surface area (Å²) in [7, 11) is 4.14. The van der Waals surface area contributed by atoms with Crippen LogP contribution < -0.4 is 19.3 Å². The van der Waals surface area contributed by atoms with Gasteiger partial charge in [-0.1, -0.05) is 12.1 Å². The summed E-state index contributed by atoms with van der Waals surface area (Å²) in [4.78, 5) is 23.0. The zero-order chi connectivity index (χ0) is 30.0. The molecule has 0 aliphatic carbocycles. The van der Waals surface area contributed by atoms with E-state index in [0.29, 0.717) is 26.2 Å². The molecule has 0 bridgehead atoms. The van der Waals surface area contributed by atoms with Gasteiger partial charge in [0.25, 0.3) is 0 Å². The monoisotopic (exact) mass is 586 g/mol. The molecule has 1 unspecified atom stereocenters. The first kappa shape index (κ1) is 29.0. The van der Waals surface area contributed by atoms with Gasteiger partial charge in [0.05, 0.1) is 50.7 Å². The molecule has 0 N–H and O–H groups in total. The molecule has 8 nitrogen and oxygen atoms in total. The first-order chi connectivity index (χ1) is 20.1. The van der Waals surface area contributed by atoms with E-state index in [0.717, 1.165) is 23.6 Å². The highest BCUT2D eigenvalue weighted by atomic mass is 19.4. The van der Waals surface area contributed by atoms with Gasteiger partial charge in [-0.15, -0.1) is 0 Å². The molecule has 2 heterocycles. The molecule has 0 amide bonds. The van der Waals surface area contributed by atoms with Gasteiger partial charge in [-0.05, 0) is 42.5 Å². The lowest BCUT2D eigenvalue weighted by Crippen LogP contribution is -2.55. The molecule has 12 heteroatoms. The third-order valence-electron chi connectivity index (χ3n) is 7.45. The summed E-state index contributed by atoms with van der Waals surface area (Å²) < 4.78 is 72.8. The zero-order valence-electron chi connectivity index (χ0n) is 23.3. The second-order valence-corrected chi connectivity index (χ2v) is 9.81. The normalized spacial score (nSPS) is 17.0. The van der Waals surface area contributed by atoms with Crippen molar-refractivity contribution < 1.29 is 36.6 Å². The average Bonchev–Trinajstić information content (AvgIpc) is 3.00. The van der Waals surface area contributed by atoms with E-state index in [4.69, 9.17) is 19.2 Å². The van der Waals surface area contributed by atoms with Crippen molar-refractivity contribution in [3.8, 4) is 11.5 Å². The highest BCUT2D eigenvalue weighted by molar-refractivity contribution is 6.02. The molecule has 42 heavy (non-hydrogen) atoms. The van der Waals surface area contributed by atoms with E-state index in [-0.39, 0.29) is 35.1 Å². The Morgan fingerprint density at radius 1 is 0.929 bits per heavy atom. The number of guanidine groups is 1. The van der Waals surface area contributed by atoms with Crippen LogP contribution in [-0.4, -0.2) is 64.3 Å². The Bertz CT molecular complexity index is 1490. The number of ether oxygens (including phenoxy) is 3. The van der Waals surface area contributed by atoms with Crippen LogP contribution in [0.1, 0.15) is 23.6 Å². The van der Waals surface area contributed by atoms with Crippen LogP contribution in [0.15, 0.2) is 65.7 Å². The number of halogens is 4. The fourth-order valence-corrected chi connectivity index (χ4v) is 5.34. The quantitative estimate of drug-likeness (QED) is 0.267. The van der Waals surface area contributed by atoms with Gasteiger partial charge in [-0.2, -0.15) is 13.2 Å². The second-order valence-electron chi connectivity index (χ2n) is 9.81. The van der Waals surface area contributed by atoms with Gasteiger partial charge in [0.15, 0.2) is 0 Å². The van der Waals surface area contributed by atoms with Crippen molar-refractivity contribution in [2.24, 2.45) is 4.99 Å². The molecule has 2 aliphatic rings. The predicted octanol–water partition coefficient (Wildman–Crippen LogP) is 5.80. The lowest BCUT2D eigenvalue weighted by atomic mass is 9.96. The first-order valence-electron chi connectivity index (χ1n) is 13.3. The van der Waals surface area contributed by atoms with Crippen LogP contribution in [0.5, 0.6) is 11.5 Å². The Balaban J connectivity index is 1.61. The van der Waals surface area contributed by atoms with Crippen molar-refractivity contribution in [2.45, 2.75) is 18.6 Å². The number of rotatable bonds is 6. The zero-order valence-corrected chi connectivity index (χ0v) is 23.3. The number of benzene rings is 3. The first-order valence-corrected chi connectivity index (χ1v) is 13.3. The number of fused-ring (bicyclic) bond motifs is 1. The number of carbonyl (C=O) groups is 1. The smallest absolute Gasteiger partial charge is 0.416 e. The number of carbonyl (C=O) groups excluding carboxylic acids is 1. The van der Waals surface area contributed by atoms with Crippen LogP contribution in [0, 0.1) is 5.82 Å². The van der Waals surface area contributed by atoms with Crippen LogP contribution in [0.2, 0.25) is 0 Å². The Morgan fingerprint density at radius 2 is 1.64 bits per heavy atom. The lowest BCUT2D eigenvalue weighted by molar-refractivity contribution is -0.141. The van der Waals surface area contributed by atoms with Crippen molar-refractivity contribution in [1.29, 1.82) is 0 Å². The summed E-state index contributed by atoms with van der Waals surface area (Å²) in [5.41, 5.74) is 0.421. The largest absolute Gasteiger partial charge is 0.497 e. The second kappa shape index (κ2) is 11.8. The fraction of sp³-hybridized carbons (Fsp3) is 0.333. The molecule has 3 aromatic rings. The SMILES string of the molecule is COC(=O)CC1c2c(F)cccc2N=C(N2CCN(c3cccc(OC)c3)CC2)N1c1cc(C(F)(F)F)ccc1OC. The van der Waals surface area contributed by atoms with Gasteiger partial charge in [0.1, 0.15) is 17.3 Å². The van der Waals surface area contributed by atoms with Gasteiger partial charge in [-0.25, -0.2) is 9.38 Å². The van der Waals surface area contributed by atoms with Gasteiger partial charge >= 0.3 is 12.1 Å². The van der Waals surface area contributed by atoms with Crippen molar-refractivity contribution in [2.75, 3.05) is 57.3 Å². The van der Waals surface area contributed by atoms with Crippen molar-refractivity contribution in [1.82, 2.24) is 4.90 Å². The minimum atomic E-state index is -4.66. The van der Waals surface area contributed by atoms with Crippen molar-refractivity contribution in [3.05, 3.63) is 77.6 Å². The molecule has 222 valence electrons. The number of hydrogen-bond donors (Lipinski definition) is 0.